The Morgan fingerprint density at radius 3 is 2.79 bits per heavy atom. The molecule has 0 saturated carbocycles. The zero-order chi connectivity index (χ0) is 13.9. The van der Waals surface area contributed by atoms with E-state index in [1.54, 1.807) is 0 Å². The van der Waals surface area contributed by atoms with Gasteiger partial charge in [0.05, 0.1) is 5.60 Å². The molecule has 102 valence electrons. The van der Waals surface area contributed by atoms with E-state index in [4.69, 9.17) is 4.84 Å². The molecule has 0 bridgehead atoms. The summed E-state index contributed by atoms with van der Waals surface area (Å²) in [6.07, 6.45) is 3.07. The Labute approximate surface area is 113 Å². The highest BCUT2D eigenvalue weighted by Gasteiger charge is 2.13. The van der Waals surface area contributed by atoms with Crippen molar-refractivity contribution in [3.63, 3.8) is 0 Å². The zero-order valence-electron chi connectivity index (χ0n) is 11.6. The lowest BCUT2D eigenvalue weighted by Crippen LogP contribution is -2.33. The minimum absolute atomic E-state index is 0.0970. The van der Waals surface area contributed by atoms with Gasteiger partial charge in [0.1, 0.15) is 0 Å². The van der Waals surface area contributed by atoms with E-state index in [-0.39, 0.29) is 11.5 Å². The van der Waals surface area contributed by atoms with Crippen molar-refractivity contribution in [1.82, 2.24) is 10.5 Å². The molecule has 1 aromatic carbocycles. The number of hydrogen-bond acceptors (Lipinski definition) is 2. The molecule has 0 saturated heterocycles. The standard InChI is InChI=1S/C15H20N2O2/c1-15(2,3)19-17-14(18)9-8-11-10-16-13-7-5-4-6-12(11)13/h4-7,10,16H,8-9H2,1-3H3,(H,17,18). The quantitative estimate of drug-likeness (QED) is 0.830. The molecule has 0 aliphatic heterocycles. The summed E-state index contributed by atoms with van der Waals surface area (Å²) in [5.74, 6) is -0.0970. The number of aromatic amines is 1. The van der Waals surface area contributed by atoms with Crippen molar-refractivity contribution in [2.75, 3.05) is 0 Å². The SMILES string of the molecule is CC(C)(C)ONC(=O)CCc1c[nH]c2ccccc12. The van der Waals surface area contributed by atoms with Gasteiger partial charge in [-0.15, -0.1) is 0 Å². The largest absolute Gasteiger partial charge is 0.361 e. The number of nitrogens with one attached hydrogen (secondary N) is 2. The molecule has 2 rings (SSSR count). The third-order valence-corrected chi connectivity index (χ3v) is 2.77. The van der Waals surface area contributed by atoms with Crippen molar-refractivity contribution in [2.24, 2.45) is 0 Å². The van der Waals surface area contributed by atoms with Gasteiger partial charge < -0.3 is 4.98 Å². The van der Waals surface area contributed by atoms with Gasteiger partial charge >= 0.3 is 0 Å². The van der Waals surface area contributed by atoms with Gasteiger partial charge in [-0.05, 0) is 38.8 Å². The highest BCUT2D eigenvalue weighted by molar-refractivity contribution is 5.84. The Balaban J connectivity index is 1.90. The first-order valence-corrected chi connectivity index (χ1v) is 6.47. The fraction of sp³-hybridized carbons (Fsp3) is 0.400. The van der Waals surface area contributed by atoms with E-state index in [1.807, 2.05) is 45.2 Å². The summed E-state index contributed by atoms with van der Waals surface area (Å²) >= 11 is 0. The second kappa shape index (κ2) is 5.45. The molecule has 0 aliphatic rings. The number of carbonyl (C=O) groups excluding carboxylic acids is 1. The smallest absolute Gasteiger partial charge is 0.243 e. The molecule has 1 aromatic heterocycles. The van der Waals surface area contributed by atoms with E-state index in [0.717, 1.165) is 11.1 Å². The second-order valence-corrected chi connectivity index (χ2v) is 5.60. The molecule has 0 spiro atoms. The van der Waals surface area contributed by atoms with Crippen LogP contribution in [0, 0.1) is 0 Å². The summed E-state index contributed by atoms with van der Waals surface area (Å²) in [5.41, 5.74) is 4.37. The van der Waals surface area contributed by atoms with Crippen LogP contribution in [0.1, 0.15) is 32.8 Å². The van der Waals surface area contributed by atoms with Crippen LogP contribution in [0.25, 0.3) is 10.9 Å². The molecule has 1 heterocycles. The lowest BCUT2D eigenvalue weighted by atomic mass is 10.1. The van der Waals surface area contributed by atoms with Crippen LogP contribution in [0.2, 0.25) is 0 Å². The lowest BCUT2D eigenvalue weighted by molar-refractivity contribution is -0.145. The summed E-state index contributed by atoms with van der Waals surface area (Å²) in [5, 5.41) is 1.17. The van der Waals surface area contributed by atoms with Gasteiger partial charge in [0, 0.05) is 23.5 Å². The van der Waals surface area contributed by atoms with Crippen LogP contribution in [-0.4, -0.2) is 16.5 Å². The van der Waals surface area contributed by atoms with Gasteiger partial charge in [0.2, 0.25) is 5.91 Å². The molecular formula is C15H20N2O2. The van der Waals surface area contributed by atoms with E-state index >= 15 is 0 Å². The molecule has 4 heteroatoms. The number of hydroxylamine groups is 1. The number of rotatable bonds is 4. The van der Waals surface area contributed by atoms with E-state index < -0.39 is 0 Å². The van der Waals surface area contributed by atoms with E-state index in [2.05, 4.69) is 16.5 Å². The van der Waals surface area contributed by atoms with Crippen LogP contribution in [0.3, 0.4) is 0 Å². The first kappa shape index (κ1) is 13.6. The van der Waals surface area contributed by atoms with Gasteiger partial charge in [0.15, 0.2) is 0 Å². The number of fused-ring (bicyclic) bond motifs is 1. The predicted octanol–water partition coefficient (Wildman–Crippen LogP) is 2.95. The Hall–Kier alpha value is -1.81. The lowest BCUT2D eigenvalue weighted by Gasteiger charge is -2.18. The molecule has 0 atom stereocenters. The molecule has 0 radical (unpaired) electrons. The minimum atomic E-state index is -0.365. The molecule has 4 nitrogen and oxygen atoms in total. The third-order valence-electron chi connectivity index (χ3n) is 2.77. The highest BCUT2D eigenvalue weighted by atomic mass is 16.7. The van der Waals surface area contributed by atoms with Crippen LogP contribution in [0.5, 0.6) is 0 Å². The number of hydrogen-bond donors (Lipinski definition) is 2. The Morgan fingerprint density at radius 1 is 1.32 bits per heavy atom. The third kappa shape index (κ3) is 3.83. The van der Waals surface area contributed by atoms with Gasteiger partial charge in [-0.3, -0.25) is 9.63 Å². The van der Waals surface area contributed by atoms with Crippen LogP contribution < -0.4 is 5.48 Å². The molecular weight excluding hydrogens is 240 g/mol. The average Bonchev–Trinajstić information content (AvgIpc) is 2.76. The Kier molecular flexibility index (Phi) is 3.90. The number of H-pyrrole nitrogens is 1. The number of amides is 1. The average molecular weight is 260 g/mol. The van der Waals surface area contributed by atoms with Gasteiger partial charge in [-0.1, -0.05) is 18.2 Å². The fourth-order valence-electron chi connectivity index (χ4n) is 1.85. The monoisotopic (exact) mass is 260 g/mol. The van der Waals surface area contributed by atoms with E-state index in [9.17, 15) is 4.79 Å². The topological polar surface area (TPSA) is 54.1 Å². The second-order valence-electron chi connectivity index (χ2n) is 5.60. The van der Waals surface area contributed by atoms with Crippen molar-refractivity contribution in [1.29, 1.82) is 0 Å². The molecule has 1 amide bonds. The van der Waals surface area contributed by atoms with Crippen molar-refractivity contribution in [3.05, 3.63) is 36.0 Å². The summed E-state index contributed by atoms with van der Waals surface area (Å²) in [4.78, 5) is 20.1. The number of aryl methyl sites for hydroxylation is 1. The molecule has 0 unspecified atom stereocenters. The predicted molar refractivity (Wildman–Crippen MR) is 75.6 cm³/mol. The van der Waals surface area contributed by atoms with Gasteiger partial charge in [-0.25, -0.2) is 5.48 Å². The Morgan fingerprint density at radius 2 is 2.05 bits per heavy atom. The molecule has 0 aliphatic carbocycles. The Bertz CT molecular complexity index is 567. The summed E-state index contributed by atoms with van der Waals surface area (Å²) in [6.45, 7) is 5.69. The van der Waals surface area contributed by atoms with E-state index in [0.29, 0.717) is 12.8 Å². The van der Waals surface area contributed by atoms with Crippen LogP contribution in [0.15, 0.2) is 30.5 Å². The van der Waals surface area contributed by atoms with Gasteiger partial charge in [-0.2, -0.15) is 0 Å². The molecule has 2 N–H and O–H groups in total. The molecule has 19 heavy (non-hydrogen) atoms. The van der Waals surface area contributed by atoms with Crippen molar-refractivity contribution in [2.45, 2.75) is 39.2 Å². The highest BCUT2D eigenvalue weighted by Crippen LogP contribution is 2.18. The number of benzene rings is 1. The van der Waals surface area contributed by atoms with Crippen LogP contribution >= 0.6 is 0 Å². The molecule has 2 aromatic rings. The van der Waals surface area contributed by atoms with Crippen molar-refractivity contribution < 1.29 is 9.63 Å². The van der Waals surface area contributed by atoms with Gasteiger partial charge in [0.25, 0.3) is 0 Å². The normalized spacial score (nSPS) is 11.7. The van der Waals surface area contributed by atoms with Crippen molar-refractivity contribution >= 4 is 16.8 Å². The maximum atomic E-state index is 11.7. The number of aromatic nitrogens is 1. The summed E-state index contributed by atoms with van der Waals surface area (Å²) in [7, 11) is 0. The van der Waals surface area contributed by atoms with Crippen LogP contribution in [-0.2, 0) is 16.1 Å². The first-order valence-electron chi connectivity index (χ1n) is 6.47. The maximum Gasteiger partial charge on any atom is 0.243 e. The fourth-order valence-corrected chi connectivity index (χ4v) is 1.85. The number of para-hydroxylation sites is 1. The minimum Gasteiger partial charge on any atom is -0.361 e. The van der Waals surface area contributed by atoms with Crippen molar-refractivity contribution in [3.8, 4) is 0 Å². The first-order chi connectivity index (χ1) is 8.96. The maximum absolute atomic E-state index is 11.7. The van der Waals surface area contributed by atoms with E-state index in [1.165, 1.54) is 5.39 Å². The summed E-state index contributed by atoms with van der Waals surface area (Å²) in [6, 6.07) is 8.08. The molecule has 0 fully saturated rings. The summed E-state index contributed by atoms with van der Waals surface area (Å²) < 4.78 is 0. The number of carbonyl (C=O) groups is 1. The van der Waals surface area contributed by atoms with Crippen LogP contribution in [0.4, 0.5) is 0 Å². The zero-order valence-corrected chi connectivity index (χ0v) is 11.6.